The second kappa shape index (κ2) is 4.83. The van der Waals surface area contributed by atoms with E-state index in [1.165, 1.54) is 25.7 Å². The lowest BCUT2D eigenvalue weighted by molar-refractivity contribution is 0.197. The Labute approximate surface area is 95.6 Å². The Kier molecular flexibility index (Phi) is 3.67. The minimum Gasteiger partial charge on any atom is -0.418 e. The summed E-state index contributed by atoms with van der Waals surface area (Å²) < 4.78 is 5.91. The van der Waals surface area contributed by atoms with Crippen molar-refractivity contribution in [1.82, 2.24) is 0 Å². The normalized spacial score (nSPS) is 35.3. The summed E-state index contributed by atoms with van der Waals surface area (Å²) in [7, 11) is -0.822. The second-order valence-electron chi connectivity index (χ2n) is 5.61. The zero-order valence-electron chi connectivity index (χ0n) is 10.3. The Morgan fingerprint density at radius 1 is 1.33 bits per heavy atom. The molecule has 2 aliphatic rings. The van der Waals surface area contributed by atoms with Crippen molar-refractivity contribution in [3.8, 4) is 0 Å². The van der Waals surface area contributed by atoms with Gasteiger partial charge in [0, 0.05) is 6.10 Å². The van der Waals surface area contributed by atoms with E-state index in [-0.39, 0.29) is 0 Å². The molecule has 0 N–H and O–H groups in total. The van der Waals surface area contributed by atoms with Gasteiger partial charge in [-0.1, -0.05) is 12.2 Å². The van der Waals surface area contributed by atoms with Crippen LogP contribution in [0.5, 0.6) is 0 Å². The zero-order valence-corrected chi connectivity index (χ0v) is 11.4. The van der Waals surface area contributed by atoms with Gasteiger partial charge < -0.3 is 4.43 Å². The van der Waals surface area contributed by atoms with Crippen LogP contribution >= 0.6 is 0 Å². The van der Waals surface area contributed by atoms with Crippen LogP contribution in [0.2, 0.25) is 13.1 Å². The number of allylic oxidation sites excluding steroid dienone is 2. The Morgan fingerprint density at radius 2 is 2.13 bits per heavy atom. The fourth-order valence-electron chi connectivity index (χ4n) is 3.21. The highest BCUT2D eigenvalue weighted by atomic mass is 28.3. The lowest BCUT2D eigenvalue weighted by Gasteiger charge is -2.21. The van der Waals surface area contributed by atoms with E-state index in [1.807, 2.05) is 0 Å². The topological polar surface area (TPSA) is 9.23 Å². The molecule has 0 radical (unpaired) electrons. The van der Waals surface area contributed by atoms with E-state index in [1.54, 1.807) is 0 Å². The predicted molar refractivity (Wildman–Crippen MR) is 67.5 cm³/mol. The molecule has 2 aliphatic carbocycles. The molecule has 1 nitrogen and oxygen atoms in total. The maximum Gasteiger partial charge on any atom is 0.171 e. The van der Waals surface area contributed by atoms with Crippen LogP contribution < -0.4 is 0 Å². The molecular formula is C13H24OSi. The first-order valence-corrected chi connectivity index (χ1v) is 9.27. The molecule has 2 rings (SSSR count). The van der Waals surface area contributed by atoms with Crippen LogP contribution in [-0.2, 0) is 4.43 Å². The Morgan fingerprint density at radius 3 is 2.67 bits per heavy atom. The summed E-state index contributed by atoms with van der Waals surface area (Å²) in [4.78, 5) is 0. The first kappa shape index (κ1) is 11.4. The fourth-order valence-corrected chi connectivity index (χ4v) is 4.27. The molecule has 0 amide bonds. The summed E-state index contributed by atoms with van der Waals surface area (Å²) in [6.07, 6.45) is 10.9. The van der Waals surface area contributed by atoms with Crippen LogP contribution in [-0.4, -0.2) is 15.1 Å². The van der Waals surface area contributed by atoms with Gasteiger partial charge in [0.05, 0.1) is 0 Å². The van der Waals surface area contributed by atoms with Crippen molar-refractivity contribution in [1.29, 1.82) is 0 Å². The molecule has 0 saturated heterocycles. The summed E-state index contributed by atoms with van der Waals surface area (Å²) >= 11 is 0. The summed E-state index contributed by atoms with van der Waals surface area (Å²) in [5, 5.41) is 0. The van der Waals surface area contributed by atoms with Crippen LogP contribution in [0.1, 0.15) is 32.6 Å². The molecule has 1 fully saturated rings. The molecular weight excluding hydrogens is 200 g/mol. The highest BCUT2D eigenvalue weighted by Crippen LogP contribution is 2.45. The predicted octanol–water partition coefficient (Wildman–Crippen LogP) is 3.37. The van der Waals surface area contributed by atoms with E-state index in [2.05, 4.69) is 32.2 Å². The van der Waals surface area contributed by atoms with Gasteiger partial charge in [-0.15, -0.1) is 0 Å². The minimum absolute atomic E-state index is 0.500. The van der Waals surface area contributed by atoms with Gasteiger partial charge in [-0.2, -0.15) is 0 Å². The maximum atomic E-state index is 5.91. The van der Waals surface area contributed by atoms with Gasteiger partial charge in [-0.3, -0.25) is 0 Å². The third-order valence-electron chi connectivity index (χ3n) is 3.86. The van der Waals surface area contributed by atoms with Gasteiger partial charge in [0.2, 0.25) is 0 Å². The van der Waals surface area contributed by atoms with Crippen molar-refractivity contribution < 1.29 is 4.43 Å². The molecule has 4 atom stereocenters. The van der Waals surface area contributed by atoms with Crippen LogP contribution in [0.4, 0.5) is 0 Å². The van der Waals surface area contributed by atoms with Crippen LogP contribution in [0.25, 0.3) is 0 Å². The van der Waals surface area contributed by atoms with Crippen molar-refractivity contribution in [3.63, 3.8) is 0 Å². The summed E-state index contributed by atoms with van der Waals surface area (Å²) in [6, 6.07) is 0. The van der Waals surface area contributed by atoms with E-state index in [0.29, 0.717) is 6.10 Å². The quantitative estimate of drug-likeness (QED) is 0.514. The maximum absolute atomic E-state index is 5.91. The van der Waals surface area contributed by atoms with Crippen LogP contribution in [0.3, 0.4) is 0 Å². The van der Waals surface area contributed by atoms with Gasteiger partial charge >= 0.3 is 0 Å². The highest BCUT2D eigenvalue weighted by Gasteiger charge is 2.35. The van der Waals surface area contributed by atoms with Gasteiger partial charge in [-0.25, -0.2) is 0 Å². The number of hydrogen-bond acceptors (Lipinski definition) is 1. The molecule has 2 heteroatoms. The average molecular weight is 224 g/mol. The highest BCUT2D eigenvalue weighted by molar-refractivity contribution is 6.48. The van der Waals surface area contributed by atoms with Crippen molar-refractivity contribution >= 4 is 9.04 Å². The molecule has 0 aliphatic heterocycles. The number of fused-ring (bicyclic) bond motifs is 2. The van der Waals surface area contributed by atoms with E-state index < -0.39 is 9.04 Å². The average Bonchev–Trinajstić information content (AvgIpc) is 2.74. The largest absolute Gasteiger partial charge is 0.418 e. The lowest BCUT2D eigenvalue weighted by Crippen LogP contribution is -2.19. The van der Waals surface area contributed by atoms with Gasteiger partial charge in [0.25, 0.3) is 0 Å². The zero-order chi connectivity index (χ0) is 10.8. The molecule has 1 saturated carbocycles. The fraction of sp³-hybridized carbons (Fsp3) is 0.846. The van der Waals surface area contributed by atoms with Crippen molar-refractivity contribution in [3.05, 3.63) is 12.2 Å². The van der Waals surface area contributed by atoms with E-state index >= 15 is 0 Å². The molecule has 0 aromatic carbocycles. The van der Waals surface area contributed by atoms with Gasteiger partial charge in [-0.05, 0) is 63.5 Å². The Hall–Kier alpha value is -0.0831. The third-order valence-corrected chi connectivity index (χ3v) is 4.87. The SMILES string of the molecule is CC(CCC1CC2C=CC1C2)O[SiH](C)C. The Balaban J connectivity index is 1.68. The molecule has 0 aromatic rings. The summed E-state index contributed by atoms with van der Waals surface area (Å²) in [5.41, 5.74) is 0. The molecule has 15 heavy (non-hydrogen) atoms. The molecule has 0 spiro atoms. The van der Waals surface area contributed by atoms with Crippen LogP contribution in [0.15, 0.2) is 12.2 Å². The minimum atomic E-state index is -0.822. The van der Waals surface area contributed by atoms with Crippen molar-refractivity contribution in [2.24, 2.45) is 17.8 Å². The molecule has 0 aromatic heterocycles. The smallest absolute Gasteiger partial charge is 0.171 e. The molecule has 4 unspecified atom stereocenters. The van der Waals surface area contributed by atoms with Crippen molar-refractivity contribution in [2.75, 3.05) is 0 Å². The Bertz CT molecular complexity index is 237. The number of rotatable bonds is 5. The van der Waals surface area contributed by atoms with E-state index in [9.17, 15) is 0 Å². The van der Waals surface area contributed by atoms with E-state index in [4.69, 9.17) is 4.43 Å². The van der Waals surface area contributed by atoms with Gasteiger partial charge in [0.1, 0.15) is 0 Å². The molecule has 2 bridgehead atoms. The standard InChI is InChI=1S/C13H24OSi/c1-10(14-15(2)3)4-6-12-8-11-5-7-13(12)9-11/h5,7,10-13,15H,4,6,8-9H2,1-3H3. The van der Waals surface area contributed by atoms with Crippen molar-refractivity contribution in [2.45, 2.75) is 51.8 Å². The molecule has 0 heterocycles. The first-order valence-electron chi connectivity index (χ1n) is 6.49. The monoisotopic (exact) mass is 224 g/mol. The second-order valence-corrected chi connectivity index (χ2v) is 7.98. The number of hydrogen-bond donors (Lipinski definition) is 0. The summed E-state index contributed by atoms with van der Waals surface area (Å²) in [6.45, 7) is 6.77. The van der Waals surface area contributed by atoms with Crippen LogP contribution in [0, 0.1) is 17.8 Å². The lowest BCUT2D eigenvalue weighted by atomic mass is 9.89. The first-order chi connectivity index (χ1) is 7.15. The third kappa shape index (κ3) is 2.94. The van der Waals surface area contributed by atoms with Gasteiger partial charge in [0.15, 0.2) is 9.04 Å². The molecule has 86 valence electrons. The van der Waals surface area contributed by atoms with E-state index in [0.717, 1.165) is 17.8 Å². The summed E-state index contributed by atoms with van der Waals surface area (Å²) in [5.74, 6) is 2.81.